The summed E-state index contributed by atoms with van der Waals surface area (Å²) in [5, 5.41) is 7.78. The summed E-state index contributed by atoms with van der Waals surface area (Å²) in [6.45, 7) is 0.612. The third kappa shape index (κ3) is 2.37. The van der Waals surface area contributed by atoms with Gasteiger partial charge in [-0.05, 0) is 30.5 Å². The van der Waals surface area contributed by atoms with Crippen LogP contribution >= 0.6 is 0 Å². The van der Waals surface area contributed by atoms with Crippen LogP contribution in [0.5, 0.6) is 0 Å². The minimum Gasteiger partial charge on any atom is -0.366 e. The van der Waals surface area contributed by atoms with Gasteiger partial charge in [0.05, 0.1) is 5.69 Å². The smallest absolute Gasteiger partial charge is 0.124 e. The Morgan fingerprint density at radius 2 is 2.22 bits per heavy atom. The van der Waals surface area contributed by atoms with Crippen molar-refractivity contribution in [2.24, 2.45) is 7.05 Å². The first kappa shape index (κ1) is 11.3. The van der Waals surface area contributed by atoms with Crippen LogP contribution in [0.3, 0.4) is 0 Å². The summed E-state index contributed by atoms with van der Waals surface area (Å²) in [6.07, 6.45) is 2.50. The molecule has 1 heterocycles. The van der Waals surface area contributed by atoms with Crippen molar-refractivity contribution in [3.05, 3.63) is 47.4 Å². The van der Waals surface area contributed by atoms with E-state index in [-0.39, 0.29) is 5.82 Å². The maximum atomic E-state index is 13.0. The van der Waals surface area contributed by atoms with E-state index in [2.05, 4.69) is 16.5 Å². The second-order valence-electron chi connectivity index (χ2n) is 4.84. The van der Waals surface area contributed by atoms with Gasteiger partial charge in [0.1, 0.15) is 11.6 Å². The van der Waals surface area contributed by atoms with Gasteiger partial charge in [0.2, 0.25) is 0 Å². The topological polar surface area (TPSA) is 29.9 Å². The summed E-state index contributed by atoms with van der Waals surface area (Å²) in [7, 11) is 1.93. The van der Waals surface area contributed by atoms with Crippen molar-refractivity contribution in [1.29, 1.82) is 0 Å². The number of benzene rings is 1. The zero-order valence-corrected chi connectivity index (χ0v) is 10.4. The van der Waals surface area contributed by atoms with E-state index in [0.717, 1.165) is 11.4 Å². The normalized spacial score (nSPS) is 14.8. The van der Waals surface area contributed by atoms with Crippen molar-refractivity contribution in [1.82, 2.24) is 9.78 Å². The first-order chi connectivity index (χ1) is 8.72. The SMILES string of the molecule is Cn1nc(C2CC2)cc1NCc1cccc(F)c1. The lowest BCUT2D eigenvalue weighted by atomic mass is 10.2. The molecule has 1 fully saturated rings. The van der Waals surface area contributed by atoms with Crippen LogP contribution in [0.1, 0.15) is 30.0 Å². The summed E-state index contributed by atoms with van der Waals surface area (Å²) >= 11 is 0. The van der Waals surface area contributed by atoms with Crippen LogP contribution in [0.25, 0.3) is 0 Å². The molecule has 3 rings (SSSR count). The van der Waals surface area contributed by atoms with Crippen LogP contribution in [0.4, 0.5) is 10.2 Å². The average Bonchev–Trinajstić information content (AvgIpc) is 3.12. The number of hydrogen-bond acceptors (Lipinski definition) is 2. The Morgan fingerprint density at radius 3 is 2.94 bits per heavy atom. The Hall–Kier alpha value is -1.84. The minimum absolute atomic E-state index is 0.196. The maximum Gasteiger partial charge on any atom is 0.124 e. The van der Waals surface area contributed by atoms with Crippen molar-refractivity contribution in [3.63, 3.8) is 0 Å². The molecule has 0 spiro atoms. The predicted molar refractivity (Wildman–Crippen MR) is 68.9 cm³/mol. The lowest BCUT2D eigenvalue weighted by molar-refractivity contribution is 0.626. The molecule has 2 aromatic rings. The molecule has 1 aliphatic carbocycles. The molecule has 4 heteroatoms. The van der Waals surface area contributed by atoms with E-state index in [1.807, 2.05) is 17.8 Å². The first-order valence-corrected chi connectivity index (χ1v) is 6.24. The third-order valence-electron chi connectivity index (χ3n) is 3.26. The number of aromatic nitrogens is 2. The molecular weight excluding hydrogens is 229 g/mol. The second-order valence-corrected chi connectivity index (χ2v) is 4.84. The summed E-state index contributed by atoms with van der Waals surface area (Å²) in [5.41, 5.74) is 2.10. The van der Waals surface area contributed by atoms with E-state index in [1.54, 1.807) is 12.1 Å². The van der Waals surface area contributed by atoms with Gasteiger partial charge in [-0.25, -0.2) is 4.39 Å². The summed E-state index contributed by atoms with van der Waals surface area (Å²) in [4.78, 5) is 0. The van der Waals surface area contributed by atoms with E-state index in [4.69, 9.17) is 0 Å². The Balaban J connectivity index is 1.69. The van der Waals surface area contributed by atoms with Crippen LogP contribution in [-0.4, -0.2) is 9.78 Å². The third-order valence-corrected chi connectivity index (χ3v) is 3.26. The molecule has 1 aromatic carbocycles. The molecule has 0 amide bonds. The van der Waals surface area contributed by atoms with Crippen molar-refractivity contribution in [2.45, 2.75) is 25.3 Å². The van der Waals surface area contributed by atoms with Crippen molar-refractivity contribution < 1.29 is 4.39 Å². The molecule has 0 aliphatic heterocycles. The molecule has 0 atom stereocenters. The zero-order chi connectivity index (χ0) is 12.5. The monoisotopic (exact) mass is 245 g/mol. The van der Waals surface area contributed by atoms with Crippen LogP contribution in [0.15, 0.2) is 30.3 Å². The van der Waals surface area contributed by atoms with Crippen LogP contribution < -0.4 is 5.32 Å². The summed E-state index contributed by atoms with van der Waals surface area (Å²) in [6, 6.07) is 8.74. The zero-order valence-electron chi connectivity index (χ0n) is 10.4. The van der Waals surface area contributed by atoms with Gasteiger partial charge in [-0.3, -0.25) is 4.68 Å². The standard InChI is InChI=1S/C14H16FN3/c1-18-14(8-13(17-18)11-5-6-11)16-9-10-3-2-4-12(15)7-10/h2-4,7-8,11,16H,5-6,9H2,1H3. The lowest BCUT2D eigenvalue weighted by Gasteiger charge is -2.06. The molecule has 0 bridgehead atoms. The Bertz CT molecular complexity index is 558. The van der Waals surface area contributed by atoms with Gasteiger partial charge >= 0.3 is 0 Å². The number of anilines is 1. The molecule has 1 N–H and O–H groups in total. The van der Waals surface area contributed by atoms with Gasteiger partial charge in [0.25, 0.3) is 0 Å². The molecular formula is C14H16FN3. The van der Waals surface area contributed by atoms with Crippen molar-refractivity contribution >= 4 is 5.82 Å². The Labute approximate surface area is 106 Å². The number of halogens is 1. The number of hydrogen-bond donors (Lipinski definition) is 1. The number of rotatable bonds is 4. The molecule has 0 saturated heterocycles. The fourth-order valence-corrected chi connectivity index (χ4v) is 2.07. The largest absolute Gasteiger partial charge is 0.366 e. The van der Waals surface area contributed by atoms with E-state index in [9.17, 15) is 4.39 Å². The van der Waals surface area contributed by atoms with Gasteiger partial charge in [-0.2, -0.15) is 5.10 Å². The van der Waals surface area contributed by atoms with Gasteiger partial charge < -0.3 is 5.32 Å². The molecule has 3 nitrogen and oxygen atoms in total. The quantitative estimate of drug-likeness (QED) is 0.897. The van der Waals surface area contributed by atoms with E-state index >= 15 is 0 Å². The average molecular weight is 245 g/mol. The Kier molecular flexibility index (Phi) is 2.78. The highest BCUT2D eigenvalue weighted by atomic mass is 19.1. The predicted octanol–water partition coefficient (Wildman–Crippen LogP) is 3.05. The van der Waals surface area contributed by atoms with E-state index in [1.165, 1.54) is 24.6 Å². The summed E-state index contributed by atoms with van der Waals surface area (Å²) in [5.74, 6) is 1.44. The van der Waals surface area contributed by atoms with Crippen LogP contribution in [0.2, 0.25) is 0 Å². The molecule has 1 aliphatic rings. The number of aryl methyl sites for hydroxylation is 1. The molecule has 1 saturated carbocycles. The molecule has 1 aromatic heterocycles. The Morgan fingerprint density at radius 1 is 1.39 bits per heavy atom. The first-order valence-electron chi connectivity index (χ1n) is 6.24. The molecule has 0 radical (unpaired) electrons. The molecule has 94 valence electrons. The highest BCUT2D eigenvalue weighted by Gasteiger charge is 2.26. The van der Waals surface area contributed by atoms with Gasteiger partial charge in [-0.1, -0.05) is 12.1 Å². The fourth-order valence-electron chi connectivity index (χ4n) is 2.07. The summed E-state index contributed by atoms with van der Waals surface area (Å²) < 4.78 is 14.9. The highest BCUT2D eigenvalue weighted by Crippen LogP contribution is 2.39. The van der Waals surface area contributed by atoms with E-state index < -0.39 is 0 Å². The van der Waals surface area contributed by atoms with Crippen LogP contribution in [-0.2, 0) is 13.6 Å². The number of nitrogens with one attached hydrogen (secondary N) is 1. The number of nitrogens with zero attached hydrogens (tertiary/aromatic N) is 2. The second kappa shape index (κ2) is 4.44. The lowest BCUT2D eigenvalue weighted by Crippen LogP contribution is -2.04. The van der Waals surface area contributed by atoms with Crippen LogP contribution in [0, 0.1) is 5.82 Å². The highest BCUT2D eigenvalue weighted by molar-refractivity contribution is 5.40. The van der Waals surface area contributed by atoms with E-state index in [0.29, 0.717) is 12.5 Å². The minimum atomic E-state index is -0.196. The van der Waals surface area contributed by atoms with Gasteiger partial charge in [-0.15, -0.1) is 0 Å². The maximum absolute atomic E-state index is 13.0. The molecule has 18 heavy (non-hydrogen) atoms. The molecule has 0 unspecified atom stereocenters. The fraction of sp³-hybridized carbons (Fsp3) is 0.357. The van der Waals surface area contributed by atoms with Crippen molar-refractivity contribution in [3.8, 4) is 0 Å². The van der Waals surface area contributed by atoms with Crippen molar-refractivity contribution in [2.75, 3.05) is 5.32 Å². The van der Waals surface area contributed by atoms with Gasteiger partial charge in [0.15, 0.2) is 0 Å². The van der Waals surface area contributed by atoms with Gasteiger partial charge in [0, 0.05) is 25.6 Å².